The van der Waals surface area contributed by atoms with Crippen molar-refractivity contribution in [1.82, 2.24) is 15.1 Å². The maximum atomic E-state index is 12.0. The third-order valence-electron chi connectivity index (χ3n) is 2.98. The molecule has 0 saturated heterocycles. The summed E-state index contributed by atoms with van der Waals surface area (Å²) in [6.45, 7) is 6.06. The molecule has 1 aromatic rings. The molecule has 5 nitrogen and oxygen atoms in total. The van der Waals surface area contributed by atoms with Crippen molar-refractivity contribution in [3.05, 3.63) is 17.8 Å². The van der Waals surface area contributed by atoms with Gasteiger partial charge in [-0.3, -0.25) is 4.79 Å². The highest BCUT2D eigenvalue weighted by atomic mass is 16.2. The van der Waals surface area contributed by atoms with E-state index in [1.165, 1.54) is 0 Å². The van der Waals surface area contributed by atoms with Gasteiger partial charge in [-0.25, -0.2) is 0 Å². The van der Waals surface area contributed by atoms with Crippen molar-refractivity contribution in [3.63, 3.8) is 0 Å². The number of rotatable bonds is 3. The zero-order chi connectivity index (χ0) is 12.3. The van der Waals surface area contributed by atoms with Crippen molar-refractivity contribution >= 4 is 11.7 Å². The number of carbonyl (C=O) groups excluding carboxylic acids is 1. The minimum Gasteiger partial charge on any atom is -0.382 e. The predicted molar refractivity (Wildman–Crippen MR) is 62.9 cm³/mol. The van der Waals surface area contributed by atoms with Crippen LogP contribution < -0.4 is 5.73 Å². The number of hydrogen-bond donors (Lipinski definition) is 1. The lowest BCUT2D eigenvalue weighted by Gasteiger charge is -2.34. The Kier molecular flexibility index (Phi) is 3.47. The van der Waals surface area contributed by atoms with Gasteiger partial charge in [0.1, 0.15) is 5.82 Å². The van der Waals surface area contributed by atoms with Gasteiger partial charge < -0.3 is 10.6 Å². The van der Waals surface area contributed by atoms with Crippen LogP contribution >= 0.6 is 0 Å². The maximum Gasteiger partial charge on any atom is 0.274 e. The van der Waals surface area contributed by atoms with Gasteiger partial charge in [-0.05, 0) is 32.4 Å². The van der Waals surface area contributed by atoms with E-state index in [-0.39, 0.29) is 11.4 Å². The van der Waals surface area contributed by atoms with E-state index < -0.39 is 0 Å². The van der Waals surface area contributed by atoms with Crippen molar-refractivity contribution in [2.75, 3.05) is 12.8 Å². The number of amides is 1. The fourth-order valence-corrected chi connectivity index (χ4v) is 1.14. The summed E-state index contributed by atoms with van der Waals surface area (Å²) in [5, 5.41) is 7.45. The molecule has 0 bridgehead atoms. The lowest BCUT2D eigenvalue weighted by molar-refractivity contribution is 0.0613. The molecule has 88 valence electrons. The summed E-state index contributed by atoms with van der Waals surface area (Å²) in [5.74, 6) is 0.174. The normalized spacial score (nSPS) is 11.2. The van der Waals surface area contributed by atoms with E-state index in [0.717, 1.165) is 6.42 Å². The minimum atomic E-state index is -0.194. The van der Waals surface area contributed by atoms with Gasteiger partial charge >= 0.3 is 0 Å². The van der Waals surface area contributed by atoms with Crippen LogP contribution in [-0.4, -0.2) is 33.6 Å². The van der Waals surface area contributed by atoms with Crippen LogP contribution in [0.15, 0.2) is 12.1 Å². The Labute approximate surface area is 95.7 Å². The van der Waals surface area contributed by atoms with E-state index in [1.54, 1.807) is 24.1 Å². The second-order valence-electron chi connectivity index (χ2n) is 4.37. The lowest BCUT2D eigenvalue weighted by atomic mass is 9.99. The van der Waals surface area contributed by atoms with Crippen molar-refractivity contribution in [2.24, 2.45) is 0 Å². The zero-order valence-corrected chi connectivity index (χ0v) is 10.2. The third kappa shape index (κ3) is 2.48. The molecule has 2 N–H and O–H groups in total. The Morgan fingerprint density at radius 3 is 2.50 bits per heavy atom. The van der Waals surface area contributed by atoms with Gasteiger partial charge in [0.15, 0.2) is 5.69 Å². The van der Waals surface area contributed by atoms with Crippen LogP contribution in [0.4, 0.5) is 5.82 Å². The molecule has 0 unspecified atom stereocenters. The van der Waals surface area contributed by atoms with Gasteiger partial charge in [-0.1, -0.05) is 6.92 Å². The average molecular weight is 222 g/mol. The Morgan fingerprint density at radius 2 is 2.06 bits per heavy atom. The lowest BCUT2D eigenvalue weighted by Crippen LogP contribution is -2.44. The van der Waals surface area contributed by atoms with Gasteiger partial charge in [0.2, 0.25) is 0 Å². The Balaban J connectivity index is 2.90. The standard InChI is InChI=1S/C11H18N4O/c1-5-11(2,3)15(4)10(16)8-6-7-9(12)14-13-8/h6-7H,5H2,1-4H3,(H2,12,14). The van der Waals surface area contributed by atoms with Gasteiger partial charge in [0.05, 0.1) is 0 Å². The summed E-state index contributed by atoms with van der Waals surface area (Å²) in [4.78, 5) is 13.7. The van der Waals surface area contributed by atoms with E-state index in [4.69, 9.17) is 5.73 Å². The quantitative estimate of drug-likeness (QED) is 0.837. The Hall–Kier alpha value is -1.65. The first-order valence-electron chi connectivity index (χ1n) is 5.26. The molecule has 0 fully saturated rings. The highest BCUT2D eigenvalue weighted by molar-refractivity contribution is 5.92. The SMILES string of the molecule is CCC(C)(C)N(C)C(=O)c1ccc(N)nn1. The molecule has 0 radical (unpaired) electrons. The molecule has 0 aromatic carbocycles. The molecule has 1 rings (SSSR count). The largest absolute Gasteiger partial charge is 0.382 e. The zero-order valence-electron chi connectivity index (χ0n) is 10.2. The summed E-state index contributed by atoms with van der Waals surface area (Å²) >= 11 is 0. The van der Waals surface area contributed by atoms with Crippen LogP contribution in [0, 0.1) is 0 Å². The van der Waals surface area contributed by atoms with Crippen molar-refractivity contribution < 1.29 is 4.79 Å². The molecule has 1 aromatic heterocycles. The fourth-order valence-electron chi connectivity index (χ4n) is 1.14. The van der Waals surface area contributed by atoms with Crippen LogP contribution in [-0.2, 0) is 0 Å². The molecule has 1 amide bonds. The monoisotopic (exact) mass is 222 g/mol. The first kappa shape index (κ1) is 12.4. The third-order valence-corrected chi connectivity index (χ3v) is 2.98. The summed E-state index contributed by atoms with van der Waals surface area (Å²) in [5.41, 5.74) is 5.54. The Morgan fingerprint density at radius 1 is 1.44 bits per heavy atom. The smallest absolute Gasteiger partial charge is 0.274 e. The average Bonchev–Trinajstić information content (AvgIpc) is 2.28. The number of aromatic nitrogens is 2. The number of carbonyl (C=O) groups is 1. The number of nitrogens with two attached hydrogens (primary N) is 1. The Bertz CT molecular complexity index is 372. The van der Waals surface area contributed by atoms with E-state index in [9.17, 15) is 4.79 Å². The fraction of sp³-hybridized carbons (Fsp3) is 0.545. The molecular weight excluding hydrogens is 204 g/mol. The molecule has 0 atom stereocenters. The number of hydrogen-bond acceptors (Lipinski definition) is 4. The summed E-state index contributed by atoms with van der Waals surface area (Å²) in [6.07, 6.45) is 0.873. The van der Waals surface area contributed by atoms with Gasteiger partial charge in [-0.15, -0.1) is 10.2 Å². The summed E-state index contributed by atoms with van der Waals surface area (Å²) in [7, 11) is 1.77. The number of anilines is 1. The second kappa shape index (κ2) is 4.47. The number of nitrogen functional groups attached to an aromatic ring is 1. The van der Waals surface area contributed by atoms with E-state index in [0.29, 0.717) is 11.5 Å². The van der Waals surface area contributed by atoms with E-state index >= 15 is 0 Å². The highest BCUT2D eigenvalue weighted by Gasteiger charge is 2.27. The van der Waals surface area contributed by atoms with Gasteiger partial charge in [0.25, 0.3) is 5.91 Å². The summed E-state index contributed by atoms with van der Waals surface area (Å²) in [6, 6.07) is 3.17. The highest BCUT2D eigenvalue weighted by Crippen LogP contribution is 2.18. The molecule has 0 saturated carbocycles. The number of nitrogens with zero attached hydrogens (tertiary/aromatic N) is 3. The molecular formula is C11H18N4O. The van der Waals surface area contributed by atoms with Crippen LogP contribution in [0.3, 0.4) is 0 Å². The minimum absolute atomic E-state index is 0.139. The first-order chi connectivity index (χ1) is 7.38. The van der Waals surface area contributed by atoms with Gasteiger partial charge in [-0.2, -0.15) is 0 Å². The first-order valence-corrected chi connectivity index (χ1v) is 5.26. The van der Waals surface area contributed by atoms with Crippen LogP contribution in [0.1, 0.15) is 37.7 Å². The molecule has 0 aliphatic carbocycles. The molecule has 5 heteroatoms. The molecule has 0 aliphatic rings. The predicted octanol–water partition coefficient (Wildman–Crippen LogP) is 1.32. The molecule has 0 spiro atoms. The summed E-state index contributed by atoms with van der Waals surface area (Å²) < 4.78 is 0. The van der Waals surface area contributed by atoms with E-state index in [2.05, 4.69) is 10.2 Å². The molecule has 1 heterocycles. The molecule has 0 aliphatic heterocycles. The van der Waals surface area contributed by atoms with Crippen LogP contribution in [0.5, 0.6) is 0 Å². The second-order valence-corrected chi connectivity index (χ2v) is 4.37. The van der Waals surface area contributed by atoms with E-state index in [1.807, 2.05) is 20.8 Å². The van der Waals surface area contributed by atoms with Gasteiger partial charge in [0, 0.05) is 12.6 Å². The molecule has 16 heavy (non-hydrogen) atoms. The van der Waals surface area contributed by atoms with Crippen LogP contribution in [0.25, 0.3) is 0 Å². The van der Waals surface area contributed by atoms with Crippen molar-refractivity contribution in [2.45, 2.75) is 32.7 Å². The van der Waals surface area contributed by atoms with Crippen LogP contribution in [0.2, 0.25) is 0 Å². The maximum absolute atomic E-state index is 12.0. The van der Waals surface area contributed by atoms with Crippen molar-refractivity contribution in [1.29, 1.82) is 0 Å². The van der Waals surface area contributed by atoms with Crippen molar-refractivity contribution in [3.8, 4) is 0 Å². The topological polar surface area (TPSA) is 72.1 Å².